The van der Waals surface area contributed by atoms with Crippen molar-refractivity contribution in [1.82, 2.24) is 14.7 Å². The predicted octanol–water partition coefficient (Wildman–Crippen LogP) is 4.67. The molecule has 1 aromatic heterocycles. The van der Waals surface area contributed by atoms with Crippen molar-refractivity contribution in [2.75, 3.05) is 19.7 Å². The second-order valence-electron chi connectivity index (χ2n) is 8.21. The number of amides is 1. The molecule has 1 aromatic carbocycles. The molecule has 0 unspecified atom stereocenters. The van der Waals surface area contributed by atoms with Gasteiger partial charge in [0.25, 0.3) is 5.91 Å². The lowest BCUT2D eigenvalue weighted by molar-refractivity contribution is -0.148. The van der Waals surface area contributed by atoms with Crippen LogP contribution in [0.1, 0.15) is 39.0 Å². The number of carbonyl (C=O) groups excluding carboxylic acids is 2. The Morgan fingerprint density at radius 1 is 1.16 bits per heavy atom. The summed E-state index contributed by atoms with van der Waals surface area (Å²) in [7, 11) is 0. The van der Waals surface area contributed by atoms with Crippen molar-refractivity contribution in [3.8, 4) is 5.69 Å². The number of aromatic nitrogens is 2. The van der Waals surface area contributed by atoms with Crippen LogP contribution in [-0.4, -0.2) is 46.3 Å². The van der Waals surface area contributed by atoms with Gasteiger partial charge < -0.3 is 9.64 Å². The number of nitrogens with zero attached hydrogens (tertiary/aromatic N) is 3. The van der Waals surface area contributed by atoms with Crippen molar-refractivity contribution in [2.24, 2.45) is 11.8 Å². The topological polar surface area (TPSA) is 64.4 Å². The van der Waals surface area contributed by atoms with E-state index in [1.165, 1.54) is 29.0 Å². The number of halogens is 2. The second kappa shape index (κ2) is 11.1. The van der Waals surface area contributed by atoms with E-state index in [0.29, 0.717) is 41.9 Å². The Morgan fingerprint density at radius 3 is 2.29 bits per heavy atom. The van der Waals surface area contributed by atoms with Crippen molar-refractivity contribution in [2.45, 2.75) is 34.6 Å². The van der Waals surface area contributed by atoms with Crippen LogP contribution < -0.4 is 0 Å². The standard InChI is InChI=1S/C23H29ClFN3O3/c1-15(2)12-27(13-16(3)4)21(29)14-31-22(30)11-10-20-17(5)26-28(23(20)24)19-8-6-18(25)7-9-19/h6-11,15-16H,12-14H2,1-5H3. The van der Waals surface area contributed by atoms with Gasteiger partial charge in [-0.3, -0.25) is 4.79 Å². The molecule has 0 saturated carbocycles. The average Bonchev–Trinajstić information content (AvgIpc) is 2.97. The van der Waals surface area contributed by atoms with Gasteiger partial charge in [-0.1, -0.05) is 39.3 Å². The van der Waals surface area contributed by atoms with Crippen LogP contribution in [0.2, 0.25) is 5.15 Å². The third-order valence-electron chi connectivity index (χ3n) is 4.37. The summed E-state index contributed by atoms with van der Waals surface area (Å²) < 4.78 is 19.7. The monoisotopic (exact) mass is 449 g/mol. The number of ether oxygens (including phenoxy) is 1. The van der Waals surface area contributed by atoms with E-state index in [-0.39, 0.29) is 23.5 Å². The summed E-state index contributed by atoms with van der Waals surface area (Å²) in [4.78, 5) is 26.3. The summed E-state index contributed by atoms with van der Waals surface area (Å²) in [5, 5.41) is 4.62. The molecule has 0 fully saturated rings. The molecule has 1 heterocycles. The largest absolute Gasteiger partial charge is 0.452 e. The van der Waals surface area contributed by atoms with Gasteiger partial charge in [-0.2, -0.15) is 5.10 Å². The smallest absolute Gasteiger partial charge is 0.331 e. The number of rotatable bonds is 9. The molecule has 0 atom stereocenters. The van der Waals surface area contributed by atoms with Gasteiger partial charge >= 0.3 is 5.97 Å². The molecule has 168 valence electrons. The number of carbonyl (C=O) groups is 2. The van der Waals surface area contributed by atoms with Crippen molar-refractivity contribution in [3.05, 3.63) is 52.6 Å². The first-order chi connectivity index (χ1) is 14.6. The minimum atomic E-state index is -0.646. The van der Waals surface area contributed by atoms with Crippen LogP contribution >= 0.6 is 11.6 Å². The fourth-order valence-electron chi connectivity index (χ4n) is 3.04. The first-order valence-corrected chi connectivity index (χ1v) is 10.6. The molecule has 0 aliphatic carbocycles. The van der Waals surface area contributed by atoms with E-state index in [9.17, 15) is 14.0 Å². The van der Waals surface area contributed by atoms with Crippen LogP contribution in [0.4, 0.5) is 4.39 Å². The van der Waals surface area contributed by atoms with E-state index in [2.05, 4.69) is 5.10 Å². The van der Waals surface area contributed by atoms with E-state index in [1.807, 2.05) is 27.7 Å². The van der Waals surface area contributed by atoms with Gasteiger partial charge in [-0.25, -0.2) is 13.9 Å². The Hall–Kier alpha value is -2.67. The predicted molar refractivity (Wildman–Crippen MR) is 120 cm³/mol. The number of benzene rings is 1. The highest BCUT2D eigenvalue weighted by atomic mass is 35.5. The van der Waals surface area contributed by atoms with E-state index in [4.69, 9.17) is 16.3 Å². The molecule has 0 radical (unpaired) electrons. The zero-order chi connectivity index (χ0) is 23.1. The van der Waals surface area contributed by atoms with Crippen molar-refractivity contribution >= 4 is 29.6 Å². The van der Waals surface area contributed by atoms with E-state index >= 15 is 0 Å². The van der Waals surface area contributed by atoms with Gasteiger partial charge in [-0.05, 0) is 49.1 Å². The minimum absolute atomic E-state index is 0.220. The first kappa shape index (κ1) is 24.6. The number of hydrogen-bond acceptors (Lipinski definition) is 4. The van der Waals surface area contributed by atoms with Gasteiger partial charge in [-0.15, -0.1) is 0 Å². The molecule has 0 saturated heterocycles. The normalized spacial score (nSPS) is 11.5. The van der Waals surface area contributed by atoms with Crippen LogP contribution in [0.5, 0.6) is 0 Å². The fourth-order valence-corrected chi connectivity index (χ4v) is 3.37. The highest BCUT2D eigenvalue weighted by molar-refractivity contribution is 6.31. The van der Waals surface area contributed by atoms with Crippen molar-refractivity contribution in [1.29, 1.82) is 0 Å². The second-order valence-corrected chi connectivity index (χ2v) is 8.56. The number of aryl methyl sites for hydroxylation is 1. The van der Waals surface area contributed by atoms with Gasteiger partial charge in [0.15, 0.2) is 6.61 Å². The Kier molecular flexibility index (Phi) is 8.80. The van der Waals surface area contributed by atoms with Crippen LogP contribution in [0.3, 0.4) is 0 Å². The summed E-state index contributed by atoms with van der Waals surface area (Å²) in [5.41, 5.74) is 1.72. The van der Waals surface area contributed by atoms with Crippen LogP contribution in [-0.2, 0) is 14.3 Å². The zero-order valence-corrected chi connectivity index (χ0v) is 19.3. The summed E-state index contributed by atoms with van der Waals surface area (Å²) in [6.07, 6.45) is 2.71. The van der Waals surface area contributed by atoms with Gasteiger partial charge in [0.1, 0.15) is 11.0 Å². The van der Waals surface area contributed by atoms with E-state index in [0.717, 1.165) is 0 Å². The molecule has 2 aromatic rings. The lowest BCUT2D eigenvalue weighted by Crippen LogP contribution is -2.39. The van der Waals surface area contributed by atoms with Crippen LogP contribution in [0.15, 0.2) is 30.3 Å². The molecule has 0 N–H and O–H groups in total. The maximum atomic E-state index is 13.1. The van der Waals surface area contributed by atoms with Crippen molar-refractivity contribution in [3.63, 3.8) is 0 Å². The summed E-state index contributed by atoms with van der Waals surface area (Å²) in [5.74, 6) is -0.585. The summed E-state index contributed by atoms with van der Waals surface area (Å²) in [6, 6.07) is 5.74. The Morgan fingerprint density at radius 2 is 1.74 bits per heavy atom. The Balaban J connectivity index is 2.03. The molecule has 0 aliphatic heterocycles. The molecular formula is C23H29ClFN3O3. The third kappa shape index (κ3) is 7.21. The fraction of sp³-hybridized carbons (Fsp3) is 0.435. The number of hydrogen-bond donors (Lipinski definition) is 0. The lowest BCUT2D eigenvalue weighted by Gasteiger charge is -2.26. The molecule has 0 spiro atoms. The highest BCUT2D eigenvalue weighted by Crippen LogP contribution is 2.24. The quantitative estimate of drug-likeness (QED) is 0.412. The minimum Gasteiger partial charge on any atom is -0.452 e. The van der Waals surface area contributed by atoms with Crippen LogP contribution in [0.25, 0.3) is 11.8 Å². The molecule has 6 nitrogen and oxygen atoms in total. The molecule has 2 rings (SSSR count). The van der Waals surface area contributed by atoms with Crippen molar-refractivity contribution < 1.29 is 18.7 Å². The van der Waals surface area contributed by atoms with E-state index < -0.39 is 5.97 Å². The third-order valence-corrected chi connectivity index (χ3v) is 4.73. The maximum Gasteiger partial charge on any atom is 0.331 e. The molecule has 0 aliphatic rings. The number of esters is 1. The summed E-state index contributed by atoms with van der Waals surface area (Å²) in [6.45, 7) is 10.8. The molecule has 8 heteroatoms. The van der Waals surface area contributed by atoms with Gasteiger partial charge in [0.05, 0.1) is 11.4 Å². The van der Waals surface area contributed by atoms with Gasteiger partial charge in [0.2, 0.25) is 0 Å². The van der Waals surface area contributed by atoms with E-state index in [1.54, 1.807) is 24.0 Å². The van der Waals surface area contributed by atoms with Gasteiger partial charge in [0, 0.05) is 24.7 Å². The first-order valence-electron chi connectivity index (χ1n) is 10.2. The molecule has 0 bridgehead atoms. The zero-order valence-electron chi connectivity index (χ0n) is 18.6. The Labute approximate surface area is 187 Å². The molecular weight excluding hydrogens is 421 g/mol. The lowest BCUT2D eigenvalue weighted by atomic mass is 10.1. The van der Waals surface area contributed by atoms with Crippen LogP contribution in [0, 0.1) is 24.6 Å². The Bertz CT molecular complexity index is 926. The maximum absolute atomic E-state index is 13.1. The summed E-state index contributed by atoms with van der Waals surface area (Å²) >= 11 is 6.40. The SMILES string of the molecule is Cc1nn(-c2ccc(F)cc2)c(Cl)c1C=CC(=O)OCC(=O)N(CC(C)C)CC(C)C. The molecule has 31 heavy (non-hydrogen) atoms. The average molecular weight is 450 g/mol. The molecule has 1 amide bonds. The highest BCUT2D eigenvalue weighted by Gasteiger charge is 2.18.